The van der Waals surface area contributed by atoms with Gasteiger partial charge in [0, 0.05) is 30.3 Å². The molecule has 3 aromatic rings. The van der Waals surface area contributed by atoms with Crippen LogP contribution in [0.15, 0.2) is 36.4 Å². The van der Waals surface area contributed by atoms with Crippen molar-refractivity contribution in [2.45, 2.75) is 32.2 Å². The van der Waals surface area contributed by atoms with E-state index < -0.39 is 17.5 Å². The van der Waals surface area contributed by atoms with Gasteiger partial charge in [-0.3, -0.25) is 4.79 Å². The number of anilines is 1. The van der Waals surface area contributed by atoms with Gasteiger partial charge in [0.2, 0.25) is 0 Å². The van der Waals surface area contributed by atoms with E-state index in [0.717, 1.165) is 50.2 Å². The maximum Gasteiger partial charge on any atom is 0.258 e. The molecule has 5 nitrogen and oxygen atoms in total. The summed E-state index contributed by atoms with van der Waals surface area (Å²) in [6.07, 6.45) is 4.11. The first kappa shape index (κ1) is 18.6. The molecule has 4 rings (SSSR count). The smallest absolute Gasteiger partial charge is 0.258 e. The minimum Gasteiger partial charge on any atom is -0.322 e. The summed E-state index contributed by atoms with van der Waals surface area (Å²) in [5.74, 6) is -0.770. The van der Waals surface area contributed by atoms with E-state index in [1.165, 1.54) is 0 Å². The van der Waals surface area contributed by atoms with Crippen molar-refractivity contribution in [3.05, 3.63) is 64.4 Å². The van der Waals surface area contributed by atoms with E-state index in [0.29, 0.717) is 28.2 Å². The highest BCUT2D eigenvalue weighted by Gasteiger charge is 2.19. The van der Waals surface area contributed by atoms with Crippen molar-refractivity contribution in [1.29, 1.82) is 0 Å². The topological polar surface area (TPSA) is 59.8 Å². The molecule has 1 aliphatic heterocycles. The molecule has 0 saturated heterocycles. The van der Waals surface area contributed by atoms with Crippen LogP contribution in [0.4, 0.5) is 14.5 Å². The predicted octanol–water partition coefficient (Wildman–Crippen LogP) is 4.86. The third-order valence-electron chi connectivity index (χ3n) is 4.75. The highest BCUT2D eigenvalue weighted by atomic mass is 35.5. The van der Waals surface area contributed by atoms with Gasteiger partial charge in [-0.05, 0) is 43.2 Å². The molecule has 1 amide bonds. The van der Waals surface area contributed by atoms with Gasteiger partial charge in [0.05, 0.1) is 10.6 Å². The molecule has 0 unspecified atom stereocenters. The van der Waals surface area contributed by atoms with E-state index in [-0.39, 0.29) is 5.56 Å². The molecule has 1 aromatic heterocycles. The van der Waals surface area contributed by atoms with E-state index in [2.05, 4.69) is 20.1 Å². The highest BCUT2D eigenvalue weighted by Crippen LogP contribution is 2.31. The zero-order chi connectivity index (χ0) is 19.7. The SMILES string of the molecule is O=C(Nc1ccc(Cl)c(-c2nnc3n2CCCCC3)c1)c1ccc(F)cc1F. The Morgan fingerprint density at radius 1 is 1.07 bits per heavy atom. The molecular formula is C20H17ClF2N4O. The fourth-order valence-electron chi connectivity index (χ4n) is 3.33. The Morgan fingerprint density at radius 2 is 1.93 bits per heavy atom. The fourth-order valence-corrected chi connectivity index (χ4v) is 3.53. The quantitative estimate of drug-likeness (QED) is 0.680. The van der Waals surface area contributed by atoms with Crippen LogP contribution < -0.4 is 5.32 Å². The first-order chi connectivity index (χ1) is 13.5. The van der Waals surface area contributed by atoms with Crippen molar-refractivity contribution in [1.82, 2.24) is 14.8 Å². The number of nitrogens with one attached hydrogen (secondary N) is 1. The number of hydrogen-bond acceptors (Lipinski definition) is 3. The normalized spacial score (nSPS) is 13.7. The van der Waals surface area contributed by atoms with Crippen molar-refractivity contribution in [3.63, 3.8) is 0 Å². The Hall–Kier alpha value is -2.80. The number of hydrogen-bond donors (Lipinski definition) is 1. The van der Waals surface area contributed by atoms with Crippen LogP contribution in [-0.4, -0.2) is 20.7 Å². The van der Waals surface area contributed by atoms with Gasteiger partial charge in [-0.2, -0.15) is 0 Å². The maximum absolute atomic E-state index is 13.9. The van der Waals surface area contributed by atoms with Gasteiger partial charge in [0.15, 0.2) is 5.82 Å². The summed E-state index contributed by atoms with van der Waals surface area (Å²) in [5.41, 5.74) is 0.827. The highest BCUT2D eigenvalue weighted by molar-refractivity contribution is 6.33. The Kier molecular flexibility index (Phi) is 5.09. The summed E-state index contributed by atoms with van der Waals surface area (Å²) in [7, 11) is 0. The molecule has 28 heavy (non-hydrogen) atoms. The Bertz CT molecular complexity index is 1050. The minimum absolute atomic E-state index is 0.241. The summed E-state index contributed by atoms with van der Waals surface area (Å²) in [5, 5.41) is 11.7. The van der Waals surface area contributed by atoms with Crippen LogP contribution in [0.3, 0.4) is 0 Å². The van der Waals surface area contributed by atoms with Crippen LogP contribution >= 0.6 is 11.6 Å². The van der Waals surface area contributed by atoms with Crippen molar-refractivity contribution >= 4 is 23.2 Å². The Morgan fingerprint density at radius 3 is 2.75 bits per heavy atom. The lowest BCUT2D eigenvalue weighted by Crippen LogP contribution is -2.14. The second kappa shape index (κ2) is 7.67. The molecule has 0 atom stereocenters. The number of amides is 1. The number of carbonyl (C=O) groups excluding carboxylic acids is 1. The van der Waals surface area contributed by atoms with Gasteiger partial charge in [-0.25, -0.2) is 8.78 Å². The minimum atomic E-state index is -0.922. The van der Waals surface area contributed by atoms with Crippen molar-refractivity contribution in [2.75, 3.05) is 5.32 Å². The number of aromatic nitrogens is 3. The van der Waals surface area contributed by atoms with Crippen LogP contribution in [-0.2, 0) is 13.0 Å². The molecule has 1 aliphatic rings. The Balaban J connectivity index is 1.65. The van der Waals surface area contributed by atoms with Gasteiger partial charge in [-0.1, -0.05) is 18.0 Å². The predicted molar refractivity (Wildman–Crippen MR) is 102 cm³/mol. The largest absolute Gasteiger partial charge is 0.322 e. The number of halogens is 3. The molecule has 1 N–H and O–H groups in total. The van der Waals surface area contributed by atoms with Gasteiger partial charge >= 0.3 is 0 Å². The van der Waals surface area contributed by atoms with Gasteiger partial charge < -0.3 is 9.88 Å². The maximum atomic E-state index is 13.9. The van der Waals surface area contributed by atoms with Crippen LogP contribution in [0, 0.1) is 11.6 Å². The van der Waals surface area contributed by atoms with E-state index in [1.54, 1.807) is 18.2 Å². The average molecular weight is 403 g/mol. The van der Waals surface area contributed by atoms with Crippen LogP contribution in [0.1, 0.15) is 35.4 Å². The third kappa shape index (κ3) is 3.62. The molecule has 0 saturated carbocycles. The second-order valence-corrected chi connectivity index (χ2v) is 7.08. The zero-order valence-electron chi connectivity index (χ0n) is 14.9. The standard InChI is InChI=1S/C20H17ClF2N4O/c21-16-8-6-13(24-20(28)14-7-5-12(22)10-17(14)23)11-15(16)19-26-25-18-4-2-1-3-9-27(18)19/h5-8,10-11H,1-4,9H2,(H,24,28). The van der Waals surface area contributed by atoms with Crippen molar-refractivity contribution in [2.24, 2.45) is 0 Å². The number of benzene rings is 2. The van der Waals surface area contributed by atoms with Gasteiger partial charge in [0.1, 0.15) is 17.5 Å². The van der Waals surface area contributed by atoms with Crippen LogP contribution in [0.2, 0.25) is 5.02 Å². The summed E-state index contributed by atoms with van der Waals surface area (Å²) in [6, 6.07) is 7.76. The monoisotopic (exact) mass is 402 g/mol. The summed E-state index contributed by atoms with van der Waals surface area (Å²) >= 11 is 6.37. The lowest BCUT2D eigenvalue weighted by molar-refractivity contribution is 0.102. The molecule has 0 spiro atoms. The summed E-state index contributed by atoms with van der Waals surface area (Å²) in [6.45, 7) is 0.811. The molecule has 0 aliphatic carbocycles. The van der Waals surface area contributed by atoms with E-state index >= 15 is 0 Å². The molecule has 8 heteroatoms. The average Bonchev–Trinajstić information content (AvgIpc) is 2.91. The van der Waals surface area contributed by atoms with E-state index in [1.807, 2.05) is 0 Å². The Labute approximate surface area is 165 Å². The first-order valence-electron chi connectivity index (χ1n) is 9.01. The van der Waals surface area contributed by atoms with Gasteiger partial charge in [-0.15, -0.1) is 10.2 Å². The lowest BCUT2D eigenvalue weighted by atomic mass is 10.1. The fraction of sp³-hybridized carbons (Fsp3) is 0.250. The van der Waals surface area contributed by atoms with Crippen molar-refractivity contribution in [3.8, 4) is 11.4 Å². The van der Waals surface area contributed by atoms with E-state index in [4.69, 9.17) is 11.6 Å². The number of carbonyl (C=O) groups is 1. The van der Waals surface area contributed by atoms with Crippen LogP contribution in [0.5, 0.6) is 0 Å². The molecule has 0 fully saturated rings. The summed E-state index contributed by atoms with van der Waals surface area (Å²) in [4.78, 5) is 12.4. The first-order valence-corrected chi connectivity index (χ1v) is 9.39. The number of aryl methyl sites for hydroxylation is 1. The molecule has 0 bridgehead atoms. The lowest BCUT2D eigenvalue weighted by Gasteiger charge is -2.11. The number of rotatable bonds is 3. The molecule has 2 heterocycles. The number of fused-ring (bicyclic) bond motifs is 1. The van der Waals surface area contributed by atoms with Crippen molar-refractivity contribution < 1.29 is 13.6 Å². The number of nitrogens with zero attached hydrogens (tertiary/aromatic N) is 3. The zero-order valence-corrected chi connectivity index (χ0v) is 15.6. The second-order valence-electron chi connectivity index (χ2n) is 6.68. The van der Waals surface area contributed by atoms with Crippen LogP contribution in [0.25, 0.3) is 11.4 Å². The molecule has 2 aromatic carbocycles. The summed E-state index contributed by atoms with van der Waals surface area (Å²) < 4.78 is 29.0. The van der Waals surface area contributed by atoms with Gasteiger partial charge in [0.25, 0.3) is 5.91 Å². The third-order valence-corrected chi connectivity index (χ3v) is 5.08. The molecule has 0 radical (unpaired) electrons. The molecule has 144 valence electrons. The van der Waals surface area contributed by atoms with E-state index in [9.17, 15) is 13.6 Å². The molecular weight excluding hydrogens is 386 g/mol.